The van der Waals surface area contributed by atoms with Crippen LogP contribution in [0.25, 0.3) is 17.4 Å². The summed E-state index contributed by atoms with van der Waals surface area (Å²) in [5.74, 6) is -0.613. The molecule has 1 aromatic carbocycles. The molecule has 2 aromatic rings. The van der Waals surface area contributed by atoms with E-state index in [1.54, 1.807) is 36.4 Å². The monoisotopic (exact) mass is 424 g/mol. The van der Waals surface area contributed by atoms with Crippen LogP contribution in [0.3, 0.4) is 0 Å². The van der Waals surface area contributed by atoms with E-state index >= 15 is 0 Å². The zero-order valence-corrected chi connectivity index (χ0v) is 15.2. The predicted octanol–water partition coefficient (Wildman–Crippen LogP) is 4.78. The fourth-order valence-corrected chi connectivity index (χ4v) is 3.33. The summed E-state index contributed by atoms with van der Waals surface area (Å²) >= 11 is 6.04. The molecule has 142 valence electrons. The molecule has 0 bridgehead atoms. The van der Waals surface area contributed by atoms with Gasteiger partial charge in [-0.05, 0) is 54.2 Å². The third-order valence-corrected chi connectivity index (χ3v) is 4.94. The third kappa shape index (κ3) is 3.36. The lowest BCUT2D eigenvalue weighted by Crippen LogP contribution is -2.35. The lowest BCUT2D eigenvalue weighted by molar-refractivity contribution is -0.114. The van der Waals surface area contributed by atoms with Gasteiger partial charge in [0.25, 0.3) is 5.91 Å². The van der Waals surface area contributed by atoms with Crippen LogP contribution >= 0.6 is 23.4 Å². The summed E-state index contributed by atoms with van der Waals surface area (Å²) in [7, 11) is 0. The van der Waals surface area contributed by atoms with E-state index in [4.69, 9.17) is 21.4 Å². The van der Waals surface area contributed by atoms with Crippen LogP contribution in [0, 0.1) is 5.41 Å². The summed E-state index contributed by atoms with van der Waals surface area (Å²) in [6, 6.07) is 10.1. The van der Waals surface area contributed by atoms with Crippen LogP contribution in [0.2, 0.25) is 5.02 Å². The number of halogens is 4. The summed E-state index contributed by atoms with van der Waals surface area (Å²) < 4.78 is 44.1. The van der Waals surface area contributed by atoms with Gasteiger partial charge < -0.3 is 4.42 Å². The Bertz CT molecular complexity index is 1090. The van der Waals surface area contributed by atoms with Gasteiger partial charge in [0.2, 0.25) is 10.2 Å². The highest BCUT2D eigenvalue weighted by Gasteiger charge is 2.46. The van der Waals surface area contributed by atoms with Crippen LogP contribution in [-0.4, -0.2) is 33.1 Å². The Morgan fingerprint density at radius 1 is 1.18 bits per heavy atom. The van der Waals surface area contributed by atoms with E-state index in [1.807, 2.05) is 0 Å². The van der Waals surface area contributed by atoms with Gasteiger partial charge in [0, 0.05) is 10.6 Å². The second kappa shape index (κ2) is 6.64. The number of carbonyl (C=O) groups is 1. The first-order valence-corrected chi connectivity index (χ1v) is 8.85. The summed E-state index contributed by atoms with van der Waals surface area (Å²) in [5.41, 5.74) is 0.517. The minimum atomic E-state index is -4.69. The number of benzene rings is 1. The normalized spacial score (nSPS) is 18.4. The molecule has 2 aliphatic rings. The maximum atomic E-state index is 12.8. The number of fused-ring (bicyclic) bond motifs is 1. The van der Waals surface area contributed by atoms with Crippen molar-refractivity contribution < 1.29 is 22.4 Å². The number of thioether (sulfide) groups is 1. The topological polar surface area (TPSA) is 82.0 Å². The van der Waals surface area contributed by atoms with Crippen molar-refractivity contribution in [3.05, 3.63) is 52.8 Å². The number of rotatable bonds is 2. The van der Waals surface area contributed by atoms with Crippen molar-refractivity contribution >= 4 is 51.4 Å². The number of hydrogen-bond acceptors (Lipinski definition) is 5. The molecule has 0 aliphatic carbocycles. The molecule has 0 fully saturated rings. The molecule has 0 radical (unpaired) electrons. The van der Waals surface area contributed by atoms with Gasteiger partial charge in [-0.2, -0.15) is 28.3 Å². The number of hydrogen-bond donors (Lipinski definition) is 1. The molecule has 3 heterocycles. The van der Waals surface area contributed by atoms with Crippen molar-refractivity contribution in [1.29, 1.82) is 5.41 Å². The Kier molecular flexibility index (Phi) is 4.39. The number of nitrogens with one attached hydrogen (secondary N) is 1. The Balaban J connectivity index is 1.64. The Labute approximate surface area is 164 Å². The largest absolute Gasteiger partial charge is 0.457 e. The summed E-state index contributed by atoms with van der Waals surface area (Å²) in [5, 5.41) is 11.2. The minimum Gasteiger partial charge on any atom is -0.457 e. The average molecular weight is 425 g/mol. The third-order valence-electron chi connectivity index (χ3n) is 3.74. The van der Waals surface area contributed by atoms with Crippen molar-refractivity contribution in [1.82, 2.24) is 5.01 Å². The average Bonchev–Trinajstić information content (AvgIpc) is 3.26. The Hall–Kier alpha value is -2.85. The molecule has 0 spiro atoms. The van der Waals surface area contributed by atoms with Gasteiger partial charge in [0.05, 0.1) is 5.57 Å². The molecule has 0 atom stereocenters. The summed E-state index contributed by atoms with van der Waals surface area (Å²) in [4.78, 5) is 15.8. The van der Waals surface area contributed by atoms with Crippen molar-refractivity contribution in [2.75, 3.05) is 0 Å². The molecular weight excluding hydrogens is 417 g/mol. The molecule has 0 saturated heterocycles. The number of nitrogens with zero attached hydrogens (tertiary/aromatic N) is 3. The molecular formula is C17H8ClF3N4O2S. The Morgan fingerprint density at radius 3 is 2.57 bits per heavy atom. The van der Waals surface area contributed by atoms with Gasteiger partial charge in [0.1, 0.15) is 11.5 Å². The Morgan fingerprint density at radius 2 is 1.89 bits per heavy atom. The van der Waals surface area contributed by atoms with Gasteiger partial charge in [-0.1, -0.05) is 11.6 Å². The van der Waals surface area contributed by atoms with Gasteiger partial charge in [0.15, 0.2) is 5.84 Å². The van der Waals surface area contributed by atoms with Crippen LogP contribution in [0.5, 0.6) is 0 Å². The van der Waals surface area contributed by atoms with Gasteiger partial charge in [-0.25, -0.2) is 0 Å². The van der Waals surface area contributed by atoms with Crippen LogP contribution in [0.1, 0.15) is 5.76 Å². The first-order valence-electron chi connectivity index (χ1n) is 7.65. The molecule has 11 heteroatoms. The molecule has 1 amide bonds. The van der Waals surface area contributed by atoms with E-state index in [2.05, 4.69) is 10.1 Å². The highest BCUT2D eigenvalue weighted by molar-refractivity contribution is 8.27. The number of amides is 1. The fraction of sp³-hybridized carbons (Fsp3) is 0.0588. The number of amidine groups is 2. The SMILES string of the molecule is N=C1/C(=C\c2ccc(-c3ccc(Cl)cc3)o2)C(=O)N=C2SC(C(F)(F)F)=NN12. The maximum Gasteiger partial charge on any atom is 0.441 e. The second-order valence-electron chi connectivity index (χ2n) is 5.63. The van der Waals surface area contributed by atoms with E-state index < -0.39 is 23.0 Å². The van der Waals surface area contributed by atoms with E-state index in [0.717, 1.165) is 5.56 Å². The molecule has 1 aromatic heterocycles. The van der Waals surface area contributed by atoms with Crippen molar-refractivity contribution in [3.8, 4) is 11.3 Å². The molecule has 2 aliphatic heterocycles. The number of hydrazone groups is 1. The number of carbonyl (C=O) groups excluding carboxylic acids is 1. The lowest BCUT2D eigenvalue weighted by Gasteiger charge is -2.19. The van der Waals surface area contributed by atoms with E-state index in [9.17, 15) is 18.0 Å². The second-order valence-corrected chi connectivity index (χ2v) is 7.02. The standard InChI is InChI=1S/C17H8ClF3N4O2S/c18-9-3-1-8(2-4-9)12-6-5-10(27-12)7-11-13(22)25-16(23-14(11)26)28-15(24-25)17(19,20)21/h1-7,22H/b11-7+,22-13?. The number of alkyl halides is 3. The highest BCUT2D eigenvalue weighted by Crippen LogP contribution is 2.35. The fourth-order valence-electron chi connectivity index (χ4n) is 2.45. The summed E-state index contributed by atoms with van der Waals surface area (Å²) in [6.07, 6.45) is -3.44. The van der Waals surface area contributed by atoms with Crippen LogP contribution in [-0.2, 0) is 4.79 Å². The first kappa shape index (κ1) is 18.5. The van der Waals surface area contributed by atoms with Crippen molar-refractivity contribution in [2.24, 2.45) is 10.1 Å². The summed E-state index contributed by atoms with van der Waals surface area (Å²) in [6.45, 7) is 0. The van der Waals surface area contributed by atoms with Gasteiger partial charge in [-0.15, -0.1) is 0 Å². The first-order chi connectivity index (χ1) is 13.2. The predicted molar refractivity (Wildman–Crippen MR) is 100 cm³/mol. The maximum absolute atomic E-state index is 12.8. The van der Waals surface area contributed by atoms with Crippen LogP contribution < -0.4 is 0 Å². The number of aliphatic imine (C=N–C) groups is 1. The zero-order chi connectivity index (χ0) is 20.1. The number of furan rings is 1. The molecule has 4 rings (SSSR count). The van der Waals surface area contributed by atoms with E-state index in [0.29, 0.717) is 15.8 Å². The molecule has 0 saturated carbocycles. The highest BCUT2D eigenvalue weighted by atomic mass is 35.5. The van der Waals surface area contributed by atoms with Crippen LogP contribution in [0.15, 0.2) is 56.5 Å². The van der Waals surface area contributed by atoms with E-state index in [-0.39, 0.29) is 28.3 Å². The smallest absolute Gasteiger partial charge is 0.441 e. The quantitative estimate of drug-likeness (QED) is 0.703. The lowest BCUT2D eigenvalue weighted by atomic mass is 10.1. The molecule has 6 nitrogen and oxygen atoms in total. The van der Waals surface area contributed by atoms with Crippen LogP contribution in [0.4, 0.5) is 13.2 Å². The van der Waals surface area contributed by atoms with E-state index in [1.165, 1.54) is 6.08 Å². The minimum absolute atomic E-state index is 0.198. The van der Waals surface area contributed by atoms with Crippen molar-refractivity contribution in [3.63, 3.8) is 0 Å². The van der Waals surface area contributed by atoms with Crippen molar-refractivity contribution in [2.45, 2.75) is 6.18 Å². The van der Waals surface area contributed by atoms with Gasteiger partial charge in [-0.3, -0.25) is 10.2 Å². The molecule has 1 N–H and O–H groups in total. The molecule has 0 unspecified atom stereocenters. The van der Waals surface area contributed by atoms with Gasteiger partial charge >= 0.3 is 6.18 Å². The molecule has 28 heavy (non-hydrogen) atoms. The zero-order valence-electron chi connectivity index (χ0n) is 13.6.